The van der Waals surface area contributed by atoms with E-state index >= 15 is 0 Å². The topological polar surface area (TPSA) is 89.2 Å². The molecule has 0 atom stereocenters. The Kier molecular flexibility index (Phi) is 7.92. The molecule has 0 spiro atoms. The van der Waals surface area contributed by atoms with Crippen molar-refractivity contribution in [2.24, 2.45) is 0 Å². The first-order valence-electron chi connectivity index (χ1n) is 10.4. The third-order valence-corrected chi connectivity index (χ3v) is 6.39. The van der Waals surface area contributed by atoms with Gasteiger partial charge in [-0.15, -0.1) is 0 Å². The Hall–Kier alpha value is -2.42. The van der Waals surface area contributed by atoms with E-state index < -0.39 is 11.7 Å². The number of piperazine rings is 1. The highest BCUT2D eigenvalue weighted by molar-refractivity contribution is 6.42. The molecule has 1 aromatic heterocycles. The van der Waals surface area contributed by atoms with E-state index in [-0.39, 0.29) is 23.9 Å². The molecule has 174 valence electrons. The fraction of sp³-hybridized carbons (Fsp3) is 0.455. The molecule has 2 aromatic rings. The number of aryl methyl sites for hydroxylation is 1. The van der Waals surface area contributed by atoms with E-state index in [1.54, 1.807) is 25.2 Å². The zero-order valence-electron chi connectivity index (χ0n) is 18.2. The summed E-state index contributed by atoms with van der Waals surface area (Å²) in [7, 11) is 3.62. The fourth-order valence-corrected chi connectivity index (χ4v) is 3.99. The average Bonchev–Trinajstić information content (AvgIpc) is 3.04. The van der Waals surface area contributed by atoms with Crippen LogP contribution in [0.5, 0.6) is 11.6 Å². The fourth-order valence-electron chi connectivity index (χ4n) is 3.67. The van der Waals surface area contributed by atoms with Crippen molar-refractivity contribution in [2.75, 3.05) is 40.3 Å². The van der Waals surface area contributed by atoms with E-state index in [1.165, 1.54) is 15.7 Å². The summed E-state index contributed by atoms with van der Waals surface area (Å²) >= 11 is 12.0. The van der Waals surface area contributed by atoms with E-state index in [0.29, 0.717) is 42.5 Å². The summed E-state index contributed by atoms with van der Waals surface area (Å²) < 4.78 is 1.40. The van der Waals surface area contributed by atoms with Gasteiger partial charge in [0.1, 0.15) is 5.56 Å². The molecule has 8 nitrogen and oxygen atoms in total. The first-order chi connectivity index (χ1) is 15.2. The Bertz CT molecular complexity index is 987. The number of halogens is 2. The number of carbonyl (C=O) groups is 2. The summed E-state index contributed by atoms with van der Waals surface area (Å²) in [5.41, 5.74) is 0.774. The van der Waals surface area contributed by atoms with Crippen molar-refractivity contribution in [3.63, 3.8) is 0 Å². The summed E-state index contributed by atoms with van der Waals surface area (Å²) in [4.78, 5) is 30.6. The predicted molar refractivity (Wildman–Crippen MR) is 123 cm³/mol. The van der Waals surface area contributed by atoms with Crippen molar-refractivity contribution in [1.82, 2.24) is 19.3 Å². The smallest absolute Gasteiger partial charge is 0.259 e. The van der Waals surface area contributed by atoms with Gasteiger partial charge < -0.3 is 29.5 Å². The number of benzene rings is 1. The van der Waals surface area contributed by atoms with Crippen LogP contribution in [0.3, 0.4) is 0 Å². The van der Waals surface area contributed by atoms with Crippen molar-refractivity contribution >= 4 is 35.0 Å². The van der Waals surface area contributed by atoms with Gasteiger partial charge in [-0.25, -0.2) is 0 Å². The van der Waals surface area contributed by atoms with E-state index in [1.807, 2.05) is 11.9 Å². The van der Waals surface area contributed by atoms with E-state index in [9.17, 15) is 19.8 Å². The van der Waals surface area contributed by atoms with Crippen LogP contribution in [0.25, 0.3) is 0 Å². The first-order valence-corrected chi connectivity index (χ1v) is 11.2. The molecule has 0 unspecified atom stereocenters. The van der Waals surface area contributed by atoms with Crippen molar-refractivity contribution in [3.05, 3.63) is 45.6 Å². The maximum atomic E-state index is 12.8. The number of rotatable bonds is 7. The number of nitrogens with zero attached hydrogens (tertiary/aromatic N) is 4. The molecule has 1 aromatic carbocycles. The van der Waals surface area contributed by atoms with Crippen molar-refractivity contribution in [3.8, 4) is 11.6 Å². The van der Waals surface area contributed by atoms with Gasteiger partial charge in [0.15, 0.2) is 5.75 Å². The number of amides is 2. The van der Waals surface area contributed by atoms with Gasteiger partial charge in [-0.3, -0.25) is 9.59 Å². The number of aromatic hydroxyl groups is 2. The Labute approximate surface area is 197 Å². The molecule has 2 heterocycles. The molecule has 10 heteroatoms. The third kappa shape index (κ3) is 5.68. The molecule has 1 fully saturated rings. The number of likely N-dealkylation sites (N-methyl/N-ethyl adjacent to an activating group) is 1. The lowest BCUT2D eigenvalue weighted by molar-refractivity contribution is -0.132. The van der Waals surface area contributed by atoms with Gasteiger partial charge in [0.05, 0.1) is 10.0 Å². The van der Waals surface area contributed by atoms with Gasteiger partial charge in [0, 0.05) is 58.9 Å². The Morgan fingerprint density at radius 1 is 1.09 bits per heavy atom. The van der Waals surface area contributed by atoms with E-state index in [0.717, 1.165) is 18.7 Å². The van der Waals surface area contributed by atoms with Crippen LogP contribution >= 0.6 is 23.2 Å². The third-order valence-electron chi connectivity index (χ3n) is 5.65. The van der Waals surface area contributed by atoms with Gasteiger partial charge in [0.25, 0.3) is 5.91 Å². The molecule has 2 N–H and O–H groups in total. The summed E-state index contributed by atoms with van der Waals surface area (Å²) in [6.45, 7) is 3.71. The van der Waals surface area contributed by atoms with Gasteiger partial charge in [-0.05, 0) is 31.2 Å². The highest BCUT2D eigenvalue weighted by atomic mass is 35.5. The van der Waals surface area contributed by atoms with E-state index in [4.69, 9.17) is 23.2 Å². The summed E-state index contributed by atoms with van der Waals surface area (Å²) in [5.74, 6) is -1.23. The molecular formula is C22H28Cl2N4O4. The van der Waals surface area contributed by atoms with Crippen LogP contribution in [0.4, 0.5) is 0 Å². The standard InChI is InChI=1S/C22H28Cl2N4O4/c1-25-8-10-27(11-9-25)19(29)4-3-7-28-14-16(20(30)22(28)32)21(31)26(2)13-15-5-6-17(23)18(24)12-15/h5-6,12,14,30,32H,3-4,7-11,13H2,1-2H3. The highest BCUT2D eigenvalue weighted by Gasteiger charge is 2.24. The molecule has 0 saturated carbocycles. The second-order valence-corrected chi connectivity index (χ2v) is 8.92. The molecule has 2 amide bonds. The second kappa shape index (κ2) is 10.5. The zero-order valence-corrected chi connectivity index (χ0v) is 19.7. The number of aromatic nitrogens is 1. The van der Waals surface area contributed by atoms with Crippen LogP contribution in [0, 0.1) is 0 Å². The quantitative estimate of drug-likeness (QED) is 0.632. The van der Waals surface area contributed by atoms with Crippen molar-refractivity contribution in [1.29, 1.82) is 0 Å². The van der Waals surface area contributed by atoms with Crippen molar-refractivity contribution < 1.29 is 19.8 Å². The maximum Gasteiger partial charge on any atom is 0.259 e. The second-order valence-electron chi connectivity index (χ2n) is 8.11. The first kappa shape index (κ1) is 24.2. The molecule has 1 aliphatic rings. The monoisotopic (exact) mass is 482 g/mol. The molecular weight excluding hydrogens is 455 g/mol. The van der Waals surface area contributed by atoms with Crippen LogP contribution < -0.4 is 0 Å². The Balaban J connectivity index is 1.58. The number of hydrogen-bond donors (Lipinski definition) is 2. The Morgan fingerprint density at radius 2 is 1.78 bits per heavy atom. The zero-order chi connectivity index (χ0) is 23.4. The molecule has 3 rings (SSSR count). The average molecular weight is 483 g/mol. The lowest BCUT2D eigenvalue weighted by Crippen LogP contribution is -2.47. The summed E-state index contributed by atoms with van der Waals surface area (Å²) in [6.07, 6.45) is 2.24. The predicted octanol–water partition coefficient (Wildman–Crippen LogP) is 3.03. The minimum absolute atomic E-state index is 0.00421. The van der Waals surface area contributed by atoms with E-state index in [2.05, 4.69) is 4.90 Å². The minimum atomic E-state index is -0.471. The summed E-state index contributed by atoms with van der Waals surface area (Å²) in [5, 5.41) is 21.4. The lowest BCUT2D eigenvalue weighted by Gasteiger charge is -2.32. The normalized spacial score (nSPS) is 14.6. The Morgan fingerprint density at radius 3 is 2.44 bits per heavy atom. The molecule has 0 bridgehead atoms. The molecule has 32 heavy (non-hydrogen) atoms. The van der Waals surface area contributed by atoms with Crippen LogP contribution in [0.1, 0.15) is 28.8 Å². The summed E-state index contributed by atoms with van der Waals surface area (Å²) in [6, 6.07) is 5.09. The molecule has 1 saturated heterocycles. The van der Waals surface area contributed by atoms with Gasteiger partial charge in [-0.1, -0.05) is 29.3 Å². The van der Waals surface area contributed by atoms with Gasteiger partial charge >= 0.3 is 0 Å². The van der Waals surface area contributed by atoms with Crippen molar-refractivity contribution in [2.45, 2.75) is 25.9 Å². The van der Waals surface area contributed by atoms with Gasteiger partial charge in [-0.2, -0.15) is 0 Å². The maximum absolute atomic E-state index is 12.8. The van der Waals surface area contributed by atoms with Crippen LogP contribution in [0.15, 0.2) is 24.4 Å². The number of carbonyl (C=O) groups excluding carboxylic acids is 2. The minimum Gasteiger partial charge on any atom is -0.503 e. The molecule has 0 aliphatic carbocycles. The van der Waals surface area contributed by atoms with Gasteiger partial charge in [0.2, 0.25) is 11.8 Å². The largest absolute Gasteiger partial charge is 0.503 e. The SMILES string of the molecule is CN1CCN(C(=O)CCCn2cc(C(=O)N(C)Cc3ccc(Cl)c(Cl)c3)c(O)c2O)CC1. The van der Waals surface area contributed by atoms with Crippen LogP contribution in [0.2, 0.25) is 10.0 Å². The highest BCUT2D eigenvalue weighted by Crippen LogP contribution is 2.32. The lowest BCUT2D eigenvalue weighted by atomic mass is 10.2. The molecule has 1 aliphatic heterocycles. The van der Waals surface area contributed by atoms with Crippen LogP contribution in [-0.4, -0.2) is 81.6 Å². The van der Waals surface area contributed by atoms with Crippen LogP contribution in [-0.2, 0) is 17.9 Å². The molecule has 0 radical (unpaired) electrons. The number of hydrogen-bond acceptors (Lipinski definition) is 5.